The van der Waals surface area contributed by atoms with Crippen molar-refractivity contribution in [2.24, 2.45) is 0 Å². The van der Waals surface area contributed by atoms with E-state index in [4.69, 9.17) is 5.11 Å². The summed E-state index contributed by atoms with van der Waals surface area (Å²) in [4.78, 5) is 0. The number of hydrogen-bond donors (Lipinski definition) is 2. The van der Waals surface area contributed by atoms with E-state index >= 15 is 0 Å². The topological polar surface area (TPSA) is 45.4 Å². The summed E-state index contributed by atoms with van der Waals surface area (Å²) >= 11 is 0. The molecular formula is C12H21NO2. The maximum absolute atomic E-state index is 9.48. The van der Waals surface area contributed by atoms with Crippen LogP contribution < -0.4 is 0 Å². The first-order chi connectivity index (χ1) is 7.25. The minimum Gasteiger partial charge on any atom is -0.396 e. The van der Waals surface area contributed by atoms with Crippen LogP contribution in [0.3, 0.4) is 0 Å². The van der Waals surface area contributed by atoms with Crippen molar-refractivity contribution in [1.29, 1.82) is 0 Å². The van der Waals surface area contributed by atoms with Gasteiger partial charge in [-0.15, -0.1) is 0 Å². The molecule has 0 aliphatic heterocycles. The summed E-state index contributed by atoms with van der Waals surface area (Å²) in [5, 5.41) is 18.1. The second-order valence-corrected chi connectivity index (χ2v) is 3.94. The molecule has 0 fully saturated rings. The molecule has 0 aliphatic rings. The van der Waals surface area contributed by atoms with Gasteiger partial charge in [0, 0.05) is 25.0 Å². The first kappa shape index (κ1) is 12.3. The Hall–Kier alpha value is -0.800. The van der Waals surface area contributed by atoms with Crippen molar-refractivity contribution in [3.8, 4) is 0 Å². The van der Waals surface area contributed by atoms with Gasteiger partial charge in [-0.2, -0.15) is 0 Å². The van der Waals surface area contributed by atoms with Crippen LogP contribution in [0.25, 0.3) is 0 Å². The van der Waals surface area contributed by atoms with Crippen LogP contribution in [0, 0.1) is 0 Å². The Morgan fingerprint density at radius 3 is 2.67 bits per heavy atom. The molecule has 0 aliphatic carbocycles. The van der Waals surface area contributed by atoms with Crippen LogP contribution in [-0.4, -0.2) is 21.4 Å². The third kappa shape index (κ3) is 4.06. The molecule has 0 saturated carbocycles. The normalized spacial score (nSPS) is 13.0. The number of aryl methyl sites for hydroxylation is 1. The molecule has 3 heteroatoms. The molecule has 15 heavy (non-hydrogen) atoms. The maximum atomic E-state index is 9.48. The van der Waals surface area contributed by atoms with Crippen molar-refractivity contribution in [3.05, 3.63) is 24.0 Å². The molecule has 0 spiro atoms. The van der Waals surface area contributed by atoms with Gasteiger partial charge in [0.15, 0.2) is 0 Å². The Kier molecular flexibility index (Phi) is 5.43. The zero-order chi connectivity index (χ0) is 11.1. The molecule has 1 unspecified atom stereocenters. The number of nitrogens with zero attached hydrogens (tertiary/aromatic N) is 1. The predicted octanol–water partition coefficient (Wildman–Crippen LogP) is 2.09. The van der Waals surface area contributed by atoms with Crippen LogP contribution in [0.1, 0.15) is 44.4 Å². The molecule has 2 N–H and O–H groups in total. The summed E-state index contributed by atoms with van der Waals surface area (Å²) in [6.07, 6.45) is 5.84. The molecule has 1 aromatic rings. The molecular weight excluding hydrogens is 190 g/mol. The first-order valence-electron chi connectivity index (χ1n) is 5.69. The third-order valence-corrected chi connectivity index (χ3v) is 2.60. The predicted molar refractivity (Wildman–Crippen MR) is 60.6 cm³/mol. The highest BCUT2D eigenvalue weighted by Crippen LogP contribution is 2.14. The Bertz CT molecular complexity index is 268. The van der Waals surface area contributed by atoms with E-state index in [0.29, 0.717) is 6.61 Å². The molecule has 1 rings (SSSR count). The van der Waals surface area contributed by atoms with Crippen molar-refractivity contribution in [3.63, 3.8) is 0 Å². The van der Waals surface area contributed by atoms with Gasteiger partial charge < -0.3 is 14.8 Å². The monoisotopic (exact) mass is 211 g/mol. The quantitative estimate of drug-likeness (QED) is 0.678. The zero-order valence-corrected chi connectivity index (χ0v) is 9.39. The van der Waals surface area contributed by atoms with Gasteiger partial charge in [0.1, 0.15) is 0 Å². The van der Waals surface area contributed by atoms with E-state index in [1.54, 1.807) is 6.92 Å². The number of aliphatic hydroxyl groups is 2. The van der Waals surface area contributed by atoms with E-state index in [0.717, 1.165) is 37.9 Å². The van der Waals surface area contributed by atoms with Crippen LogP contribution in [0.4, 0.5) is 0 Å². The lowest BCUT2D eigenvalue weighted by atomic mass is 10.2. The summed E-state index contributed by atoms with van der Waals surface area (Å²) in [5.41, 5.74) is 0.983. The molecule has 0 aromatic carbocycles. The lowest BCUT2D eigenvalue weighted by Crippen LogP contribution is -2.04. The van der Waals surface area contributed by atoms with Crippen LogP contribution in [0.2, 0.25) is 0 Å². The second-order valence-electron chi connectivity index (χ2n) is 3.94. The summed E-state index contributed by atoms with van der Waals surface area (Å²) in [5.74, 6) is 0. The van der Waals surface area contributed by atoms with Gasteiger partial charge in [0.2, 0.25) is 0 Å². The van der Waals surface area contributed by atoms with E-state index in [1.165, 1.54) is 0 Å². The van der Waals surface area contributed by atoms with Crippen LogP contribution in [0.5, 0.6) is 0 Å². The number of unbranched alkanes of at least 4 members (excludes halogenated alkanes) is 3. The van der Waals surface area contributed by atoms with Crippen molar-refractivity contribution >= 4 is 0 Å². The Labute approximate surface area is 91.4 Å². The number of aliphatic hydroxyl groups excluding tert-OH is 2. The van der Waals surface area contributed by atoms with Gasteiger partial charge in [-0.1, -0.05) is 12.8 Å². The van der Waals surface area contributed by atoms with Crippen LogP contribution in [-0.2, 0) is 6.54 Å². The Morgan fingerprint density at radius 2 is 2.00 bits per heavy atom. The van der Waals surface area contributed by atoms with Crippen LogP contribution >= 0.6 is 0 Å². The average molecular weight is 211 g/mol. The number of hydrogen-bond acceptors (Lipinski definition) is 2. The molecule has 1 aromatic heterocycles. The van der Waals surface area contributed by atoms with Crippen molar-refractivity contribution in [2.45, 2.75) is 45.3 Å². The summed E-state index contributed by atoms with van der Waals surface area (Å²) in [6, 6.07) is 3.92. The lowest BCUT2D eigenvalue weighted by Gasteiger charge is -2.10. The molecule has 0 radical (unpaired) electrons. The third-order valence-electron chi connectivity index (χ3n) is 2.60. The smallest absolute Gasteiger partial charge is 0.0911 e. The van der Waals surface area contributed by atoms with E-state index in [1.807, 2.05) is 18.3 Å². The Balaban J connectivity index is 2.28. The fraction of sp³-hybridized carbons (Fsp3) is 0.667. The van der Waals surface area contributed by atoms with Gasteiger partial charge in [0.05, 0.1) is 6.10 Å². The summed E-state index contributed by atoms with van der Waals surface area (Å²) in [7, 11) is 0. The van der Waals surface area contributed by atoms with E-state index in [2.05, 4.69) is 4.57 Å². The van der Waals surface area contributed by atoms with Gasteiger partial charge in [0.25, 0.3) is 0 Å². The highest BCUT2D eigenvalue weighted by molar-refractivity contribution is 5.09. The molecule has 1 atom stereocenters. The highest BCUT2D eigenvalue weighted by Gasteiger charge is 2.05. The zero-order valence-electron chi connectivity index (χ0n) is 9.39. The SMILES string of the molecule is CC(O)c1cccn1CCCCCCO. The molecule has 3 nitrogen and oxygen atoms in total. The largest absolute Gasteiger partial charge is 0.396 e. The molecule has 0 bridgehead atoms. The highest BCUT2D eigenvalue weighted by atomic mass is 16.3. The number of rotatable bonds is 7. The molecule has 1 heterocycles. The minimum absolute atomic E-state index is 0.294. The van der Waals surface area contributed by atoms with Gasteiger partial charge in [-0.3, -0.25) is 0 Å². The molecule has 0 saturated heterocycles. The maximum Gasteiger partial charge on any atom is 0.0911 e. The first-order valence-corrected chi connectivity index (χ1v) is 5.69. The molecule has 86 valence electrons. The minimum atomic E-state index is -0.391. The molecule has 0 amide bonds. The lowest BCUT2D eigenvalue weighted by molar-refractivity contribution is 0.188. The van der Waals surface area contributed by atoms with Crippen molar-refractivity contribution in [1.82, 2.24) is 4.57 Å². The Morgan fingerprint density at radius 1 is 1.27 bits per heavy atom. The van der Waals surface area contributed by atoms with Gasteiger partial charge in [-0.05, 0) is 31.9 Å². The van der Waals surface area contributed by atoms with E-state index in [9.17, 15) is 5.11 Å². The van der Waals surface area contributed by atoms with Crippen LogP contribution in [0.15, 0.2) is 18.3 Å². The summed E-state index contributed by atoms with van der Waals surface area (Å²) < 4.78 is 2.10. The van der Waals surface area contributed by atoms with E-state index < -0.39 is 6.10 Å². The number of aromatic nitrogens is 1. The average Bonchev–Trinajstić information content (AvgIpc) is 2.66. The van der Waals surface area contributed by atoms with Gasteiger partial charge in [-0.25, -0.2) is 0 Å². The second kappa shape index (κ2) is 6.64. The fourth-order valence-electron chi connectivity index (χ4n) is 1.76. The van der Waals surface area contributed by atoms with Crippen molar-refractivity contribution in [2.75, 3.05) is 6.61 Å². The fourth-order valence-corrected chi connectivity index (χ4v) is 1.76. The van der Waals surface area contributed by atoms with Crippen molar-refractivity contribution < 1.29 is 10.2 Å². The van der Waals surface area contributed by atoms with Gasteiger partial charge >= 0.3 is 0 Å². The summed E-state index contributed by atoms with van der Waals surface area (Å²) in [6.45, 7) is 3.04. The van der Waals surface area contributed by atoms with E-state index in [-0.39, 0.29) is 0 Å². The standard InChI is InChI=1S/C12H21NO2/c1-11(15)12-7-6-9-13(12)8-4-2-3-5-10-14/h6-7,9,11,14-15H,2-5,8,10H2,1H3.